The number of aryl methyl sites for hydroxylation is 1. The molecule has 0 aliphatic carbocycles. The van der Waals surface area contributed by atoms with Gasteiger partial charge < -0.3 is 10.1 Å². The van der Waals surface area contributed by atoms with Gasteiger partial charge in [0.15, 0.2) is 0 Å². The summed E-state index contributed by atoms with van der Waals surface area (Å²) in [6.07, 6.45) is 1.32. The van der Waals surface area contributed by atoms with Crippen molar-refractivity contribution in [2.45, 2.75) is 11.8 Å². The summed E-state index contributed by atoms with van der Waals surface area (Å²) in [7, 11) is -2.14. The summed E-state index contributed by atoms with van der Waals surface area (Å²) in [4.78, 5) is 4.00. The maximum absolute atomic E-state index is 12.2. The third kappa shape index (κ3) is 5.04. The third-order valence-corrected chi connectivity index (χ3v) is 4.75. The van der Waals surface area contributed by atoms with Crippen molar-refractivity contribution in [3.05, 3.63) is 54.1 Å². The second kappa shape index (κ2) is 7.89. The predicted octanol–water partition coefficient (Wildman–Crippen LogP) is 2.71. The van der Waals surface area contributed by atoms with Crippen LogP contribution in [0.25, 0.3) is 0 Å². The molecule has 2 aromatic carbocycles. The minimum absolute atomic E-state index is 0.133. The van der Waals surface area contributed by atoms with E-state index in [0.29, 0.717) is 0 Å². The van der Waals surface area contributed by atoms with Gasteiger partial charge in [0.1, 0.15) is 5.75 Å². The first-order valence-electron chi connectivity index (χ1n) is 6.97. The van der Waals surface area contributed by atoms with E-state index in [0.717, 1.165) is 17.0 Å². The Hall–Kier alpha value is -2.45. The first-order valence-corrected chi connectivity index (χ1v) is 8.86. The van der Waals surface area contributed by atoms with E-state index in [1.807, 2.05) is 6.92 Å². The van der Waals surface area contributed by atoms with Gasteiger partial charge in [-0.15, -0.1) is 0 Å². The molecule has 0 amide bonds. The number of benzene rings is 2. The number of nitrogens with one attached hydrogen (secondary N) is 2. The molecule has 0 bridgehead atoms. The average Bonchev–Trinajstić information content (AvgIpc) is 2.55. The van der Waals surface area contributed by atoms with Crippen LogP contribution in [0.3, 0.4) is 0 Å². The Bertz CT molecular complexity index is 830. The lowest BCUT2D eigenvalue weighted by Gasteiger charge is -2.06. The van der Waals surface area contributed by atoms with Gasteiger partial charge in [0.25, 0.3) is 10.0 Å². The number of rotatable bonds is 5. The summed E-state index contributed by atoms with van der Waals surface area (Å²) in [5.74, 6) is 0.735. The molecule has 0 unspecified atom stereocenters. The Kier molecular flexibility index (Phi) is 5.88. The van der Waals surface area contributed by atoms with Crippen molar-refractivity contribution in [1.29, 1.82) is 0 Å². The predicted molar refractivity (Wildman–Crippen MR) is 99.2 cm³/mol. The van der Waals surface area contributed by atoms with Gasteiger partial charge in [0.2, 0.25) is 5.11 Å². The number of sulfonamides is 1. The molecule has 0 fully saturated rings. The van der Waals surface area contributed by atoms with Crippen molar-refractivity contribution in [3.63, 3.8) is 0 Å². The molecule has 0 heterocycles. The van der Waals surface area contributed by atoms with Crippen LogP contribution in [0.15, 0.2) is 58.4 Å². The van der Waals surface area contributed by atoms with E-state index in [4.69, 9.17) is 17.0 Å². The van der Waals surface area contributed by atoms with Gasteiger partial charge in [-0.25, -0.2) is 13.4 Å². The van der Waals surface area contributed by atoms with Crippen molar-refractivity contribution >= 4 is 39.4 Å². The molecule has 0 aromatic heterocycles. The normalized spacial score (nSPS) is 11.2. The zero-order valence-corrected chi connectivity index (χ0v) is 14.8. The van der Waals surface area contributed by atoms with E-state index in [-0.39, 0.29) is 10.0 Å². The zero-order chi connectivity index (χ0) is 17.6. The van der Waals surface area contributed by atoms with Crippen molar-refractivity contribution in [3.8, 4) is 5.75 Å². The molecule has 2 aromatic rings. The zero-order valence-electron chi connectivity index (χ0n) is 13.2. The van der Waals surface area contributed by atoms with Gasteiger partial charge >= 0.3 is 0 Å². The molecule has 2 rings (SSSR count). The highest BCUT2D eigenvalue weighted by Crippen LogP contribution is 2.14. The molecule has 24 heavy (non-hydrogen) atoms. The quantitative estimate of drug-likeness (QED) is 0.485. The van der Waals surface area contributed by atoms with Crippen molar-refractivity contribution in [2.24, 2.45) is 4.99 Å². The summed E-state index contributed by atoms with van der Waals surface area (Å²) >= 11 is 4.93. The number of aliphatic imine (C=N–C) groups is 1. The largest absolute Gasteiger partial charge is 0.497 e. The number of nitrogens with zero attached hydrogens (tertiary/aromatic N) is 1. The molecule has 0 atom stereocenters. The number of thiocarbonyl (C=S) groups is 1. The Morgan fingerprint density at radius 2 is 1.75 bits per heavy atom. The number of hydrogen-bond acceptors (Lipinski definition) is 4. The molecule has 2 N–H and O–H groups in total. The highest BCUT2D eigenvalue weighted by atomic mass is 32.2. The summed E-state index contributed by atoms with van der Waals surface area (Å²) in [6, 6.07) is 13.6. The molecule has 126 valence electrons. The van der Waals surface area contributed by atoms with Crippen LogP contribution in [0.2, 0.25) is 0 Å². The maximum Gasteiger partial charge on any atom is 0.263 e. The van der Waals surface area contributed by atoms with E-state index in [9.17, 15) is 8.42 Å². The van der Waals surface area contributed by atoms with E-state index in [2.05, 4.69) is 15.0 Å². The lowest BCUT2D eigenvalue weighted by Crippen LogP contribution is -2.28. The summed E-state index contributed by atoms with van der Waals surface area (Å²) in [5.41, 5.74) is 1.74. The highest BCUT2D eigenvalue weighted by Gasteiger charge is 2.14. The van der Waals surface area contributed by atoms with Gasteiger partial charge in [-0.2, -0.15) is 0 Å². The standard InChI is InChI=1S/C16H17N3O3S2/c1-12-3-9-15(10-4-12)24(20,21)19-16(23)18-11-17-13-5-7-14(22-2)8-6-13/h3-11H,1-2H3,(H2,17,18,19,23). The molecule has 0 aliphatic heterocycles. The topological polar surface area (TPSA) is 79.8 Å². The second-order valence-electron chi connectivity index (χ2n) is 4.85. The van der Waals surface area contributed by atoms with Gasteiger partial charge in [-0.05, 0) is 55.5 Å². The van der Waals surface area contributed by atoms with Crippen molar-refractivity contribution in [2.75, 3.05) is 12.4 Å². The summed E-state index contributed by atoms with van der Waals surface area (Å²) in [6.45, 7) is 1.88. The van der Waals surface area contributed by atoms with Gasteiger partial charge in [0.05, 0.1) is 18.3 Å². The van der Waals surface area contributed by atoms with Crippen LogP contribution in [0.1, 0.15) is 5.56 Å². The monoisotopic (exact) mass is 363 g/mol. The SMILES string of the molecule is COc1ccc(N/C=N\C(=S)NS(=O)(=O)c2ccc(C)cc2)cc1. The fourth-order valence-corrected chi connectivity index (χ4v) is 3.05. The van der Waals surface area contributed by atoms with E-state index in [1.54, 1.807) is 43.5 Å². The molecule has 8 heteroatoms. The van der Waals surface area contributed by atoms with Crippen LogP contribution in [-0.2, 0) is 10.0 Å². The highest BCUT2D eigenvalue weighted by molar-refractivity contribution is 7.91. The lowest BCUT2D eigenvalue weighted by molar-refractivity contribution is 0.415. The van der Waals surface area contributed by atoms with E-state index in [1.165, 1.54) is 18.5 Å². The minimum atomic E-state index is -3.73. The summed E-state index contributed by atoms with van der Waals surface area (Å²) < 4.78 is 31.6. The molecular formula is C16H17N3O3S2. The van der Waals surface area contributed by atoms with E-state index >= 15 is 0 Å². The van der Waals surface area contributed by atoms with Crippen LogP contribution < -0.4 is 14.8 Å². The Morgan fingerprint density at radius 1 is 1.12 bits per heavy atom. The average molecular weight is 363 g/mol. The molecular weight excluding hydrogens is 346 g/mol. The fraction of sp³-hybridized carbons (Fsp3) is 0.125. The fourth-order valence-electron chi connectivity index (χ4n) is 1.77. The minimum Gasteiger partial charge on any atom is -0.497 e. The van der Waals surface area contributed by atoms with Crippen LogP contribution in [0, 0.1) is 6.92 Å². The van der Waals surface area contributed by atoms with E-state index < -0.39 is 10.0 Å². The number of methoxy groups -OCH3 is 1. The van der Waals surface area contributed by atoms with Gasteiger partial charge in [-0.1, -0.05) is 17.7 Å². The molecule has 0 spiro atoms. The smallest absolute Gasteiger partial charge is 0.263 e. The Labute approximate surface area is 146 Å². The first kappa shape index (κ1) is 17.9. The number of hydrogen-bond donors (Lipinski definition) is 2. The van der Waals surface area contributed by atoms with Crippen molar-refractivity contribution < 1.29 is 13.2 Å². The maximum atomic E-state index is 12.2. The molecule has 0 aliphatic rings. The van der Waals surface area contributed by atoms with Crippen LogP contribution >= 0.6 is 12.2 Å². The third-order valence-electron chi connectivity index (χ3n) is 3.06. The second-order valence-corrected chi connectivity index (χ2v) is 6.92. The lowest BCUT2D eigenvalue weighted by atomic mass is 10.2. The Morgan fingerprint density at radius 3 is 2.33 bits per heavy atom. The number of ether oxygens (including phenoxy) is 1. The Balaban J connectivity index is 1.95. The van der Waals surface area contributed by atoms with Gasteiger partial charge in [-0.3, -0.25) is 4.72 Å². The molecule has 0 saturated heterocycles. The van der Waals surface area contributed by atoms with Crippen molar-refractivity contribution in [1.82, 2.24) is 4.72 Å². The summed E-state index contributed by atoms with van der Waals surface area (Å²) in [5, 5.41) is 2.73. The molecule has 0 saturated carbocycles. The van der Waals surface area contributed by atoms with Crippen LogP contribution in [0.5, 0.6) is 5.75 Å². The van der Waals surface area contributed by atoms with Crippen LogP contribution in [-0.4, -0.2) is 27.0 Å². The number of anilines is 1. The first-order chi connectivity index (χ1) is 11.4. The molecule has 0 radical (unpaired) electrons. The van der Waals surface area contributed by atoms with Crippen LogP contribution in [0.4, 0.5) is 5.69 Å². The molecule has 6 nitrogen and oxygen atoms in total. The van der Waals surface area contributed by atoms with Gasteiger partial charge in [0, 0.05) is 5.69 Å².